The van der Waals surface area contributed by atoms with Crippen molar-refractivity contribution in [3.63, 3.8) is 0 Å². The summed E-state index contributed by atoms with van der Waals surface area (Å²) in [5.41, 5.74) is 0.713. The van der Waals surface area contributed by atoms with Gasteiger partial charge in [0, 0.05) is 44.2 Å². The van der Waals surface area contributed by atoms with Crippen LogP contribution in [0.15, 0.2) is 61.2 Å². The molecule has 1 aliphatic carbocycles. The average molecular weight is 459 g/mol. The molecule has 0 radical (unpaired) electrons. The van der Waals surface area contributed by atoms with E-state index >= 15 is 0 Å². The third-order valence-electron chi connectivity index (χ3n) is 7.60. The molecule has 1 atom stereocenters. The molecular weight excluding hydrogens is 428 g/mol. The number of nitrogens with one attached hydrogen (secondary N) is 1. The number of carbonyl (C=O) groups excluding carboxylic acids is 2. The normalized spacial score (nSPS) is 23.5. The van der Waals surface area contributed by atoms with E-state index in [1.807, 2.05) is 54.3 Å². The quantitative estimate of drug-likeness (QED) is 0.613. The van der Waals surface area contributed by atoms with E-state index < -0.39 is 5.60 Å². The second-order valence-electron chi connectivity index (χ2n) is 9.83. The number of rotatable bonds is 6. The molecule has 0 bridgehead atoms. The van der Waals surface area contributed by atoms with Crippen molar-refractivity contribution in [2.75, 3.05) is 20.2 Å². The second kappa shape index (κ2) is 8.80. The van der Waals surface area contributed by atoms with Gasteiger partial charge in [-0.25, -0.2) is 9.97 Å². The van der Waals surface area contributed by atoms with Crippen LogP contribution in [0.2, 0.25) is 0 Å². The lowest BCUT2D eigenvalue weighted by Crippen LogP contribution is -2.56. The van der Waals surface area contributed by atoms with Gasteiger partial charge in [0.25, 0.3) is 5.91 Å². The van der Waals surface area contributed by atoms with Crippen LogP contribution in [0.1, 0.15) is 37.3 Å². The Labute approximate surface area is 199 Å². The lowest BCUT2D eigenvalue weighted by atomic mass is 9.65. The van der Waals surface area contributed by atoms with Crippen LogP contribution in [-0.4, -0.2) is 52.9 Å². The van der Waals surface area contributed by atoms with E-state index in [0.29, 0.717) is 6.42 Å². The fraction of sp³-hybridized carbons (Fsp3) is 0.407. The topological polar surface area (TPSA) is 84.4 Å². The molecule has 2 aromatic carbocycles. The molecule has 1 saturated heterocycles. The van der Waals surface area contributed by atoms with Crippen LogP contribution in [0.5, 0.6) is 0 Å². The Morgan fingerprint density at radius 1 is 1.15 bits per heavy atom. The van der Waals surface area contributed by atoms with Gasteiger partial charge in [-0.1, -0.05) is 42.5 Å². The molecule has 2 amide bonds. The fourth-order valence-corrected chi connectivity index (χ4v) is 5.57. The summed E-state index contributed by atoms with van der Waals surface area (Å²) in [6.07, 6.45) is 7.91. The lowest BCUT2D eigenvalue weighted by Gasteiger charge is -2.46. The van der Waals surface area contributed by atoms with Gasteiger partial charge in [-0.2, -0.15) is 0 Å². The van der Waals surface area contributed by atoms with E-state index in [2.05, 4.69) is 15.3 Å². The van der Waals surface area contributed by atoms with E-state index in [-0.39, 0.29) is 23.3 Å². The van der Waals surface area contributed by atoms with Gasteiger partial charge in [-0.3, -0.25) is 9.59 Å². The Kier molecular flexibility index (Phi) is 5.81. The van der Waals surface area contributed by atoms with Crippen molar-refractivity contribution in [3.05, 3.63) is 72.3 Å². The predicted molar refractivity (Wildman–Crippen MR) is 129 cm³/mol. The van der Waals surface area contributed by atoms with Crippen molar-refractivity contribution >= 4 is 22.6 Å². The molecule has 1 saturated carbocycles. The predicted octanol–water partition coefficient (Wildman–Crippen LogP) is 3.23. The molecule has 5 rings (SSSR count). The van der Waals surface area contributed by atoms with Gasteiger partial charge in [-0.05, 0) is 47.9 Å². The summed E-state index contributed by atoms with van der Waals surface area (Å²) >= 11 is 0. The Hall–Kier alpha value is -3.32. The van der Waals surface area contributed by atoms with E-state index in [1.54, 1.807) is 19.5 Å². The van der Waals surface area contributed by atoms with Crippen LogP contribution in [0.25, 0.3) is 10.8 Å². The summed E-state index contributed by atoms with van der Waals surface area (Å²) in [4.78, 5) is 36.1. The third-order valence-corrected chi connectivity index (χ3v) is 7.60. The highest BCUT2D eigenvalue weighted by molar-refractivity contribution is 5.94. The summed E-state index contributed by atoms with van der Waals surface area (Å²) in [6.45, 7) is 3.34. The first-order valence-corrected chi connectivity index (χ1v) is 11.8. The van der Waals surface area contributed by atoms with Crippen LogP contribution in [0.4, 0.5) is 0 Å². The molecule has 7 heteroatoms. The Balaban J connectivity index is 1.21. The van der Waals surface area contributed by atoms with Crippen LogP contribution >= 0.6 is 0 Å². The van der Waals surface area contributed by atoms with E-state index in [9.17, 15) is 9.59 Å². The summed E-state index contributed by atoms with van der Waals surface area (Å²) in [5.74, 6) is -0.0108. The molecule has 0 unspecified atom stereocenters. The average Bonchev–Trinajstić information content (AvgIpc) is 3.29. The van der Waals surface area contributed by atoms with Crippen molar-refractivity contribution in [1.82, 2.24) is 20.2 Å². The minimum atomic E-state index is -1.08. The number of carbonyl (C=O) groups is 2. The minimum Gasteiger partial charge on any atom is -0.364 e. The molecule has 2 heterocycles. The first-order valence-electron chi connectivity index (χ1n) is 11.8. The van der Waals surface area contributed by atoms with Gasteiger partial charge in [0.1, 0.15) is 6.33 Å². The van der Waals surface area contributed by atoms with Crippen LogP contribution in [0, 0.1) is 5.41 Å². The summed E-state index contributed by atoms with van der Waals surface area (Å²) in [7, 11) is 1.59. The largest absolute Gasteiger partial charge is 0.364 e. The van der Waals surface area contributed by atoms with Gasteiger partial charge < -0.3 is 15.0 Å². The zero-order chi connectivity index (χ0) is 23.8. The Morgan fingerprint density at radius 2 is 1.88 bits per heavy atom. The van der Waals surface area contributed by atoms with Gasteiger partial charge in [-0.15, -0.1) is 0 Å². The second-order valence-corrected chi connectivity index (χ2v) is 9.83. The number of hydrogen-bond donors (Lipinski definition) is 1. The molecule has 1 spiro atoms. The number of nitrogens with zero attached hydrogens (tertiary/aromatic N) is 3. The van der Waals surface area contributed by atoms with Gasteiger partial charge >= 0.3 is 0 Å². The smallest absolute Gasteiger partial charge is 0.256 e. The number of aromatic nitrogens is 2. The maximum absolute atomic E-state index is 13.4. The highest BCUT2D eigenvalue weighted by Crippen LogP contribution is 2.48. The summed E-state index contributed by atoms with van der Waals surface area (Å²) in [5, 5.41) is 5.32. The zero-order valence-corrected chi connectivity index (χ0v) is 19.7. The molecule has 2 aliphatic rings. The van der Waals surface area contributed by atoms with Crippen molar-refractivity contribution in [2.24, 2.45) is 5.41 Å². The zero-order valence-electron chi connectivity index (χ0n) is 19.7. The van der Waals surface area contributed by atoms with Crippen molar-refractivity contribution in [2.45, 2.75) is 44.2 Å². The van der Waals surface area contributed by atoms with Crippen LogP contribution in [-0.2, 0) is 26.3 Å². The molecule has 176 valence electrons. The highest BCUT2D eigenvalue weighted by atomic mass is 16.5. The standard InChI is InChI=1S/C27H30N4O3/c1-26(34-2,23-9-5-7-20-6-3-4-8-22(20)23)25(33)30-21-13-27(14-21)10-11-31(17-27)24(32)12-19-15-28-18-29-16-19/h3-9,15-16,18,21H,10-14,17H2,1-2H3,(H,30,33)/t21?,26-,27?/m0/s1. The molecule has 3 aromatic rings. The Morgan fingerprint density at radius 3 is 2.65 bits per heavy atom. The number of fused-ring (bicyclic) bond motifs is 1. The number of methoxy groups -OCH3 is 1. The van der Waals surface area contributed by atoms with Crippen LogP contribution in [0.3, 0.4) is 0 Å². The van der Waals surface area contributed by atoms with Gasteiger partial charge in [0.05, 0.1) is 6.42 Å². The van der Waals surface area contributed by atoms with E-state index in [4.69, 9.17) is 4.74 Å². The van der Waals surface area contributed by atoms with Crippen molar-refractivity contribution < 1.29 is 14.3 Å². The maximum atomic E-state index is 13.4. The maximum Gasteiger partial charge on any atom is 0.256 e. The molecule has 1 N–H and O–H groups in total. The SMILES string of the molecule is CO[C@](C)(C(=O)NC1CC2(CCN(C(=O)Cc3cncnc3)C2)C1)c1cccc2ccccc12. The molecule has 1 aliphatic heterocycles. The highest BCUT2D eigenvalue weighted by Gasteiger charge is 2.51. The fourth-order valence-electron chi connectivity index (χ4n) is 5.57. The molecule has 2 fully saturated rings. The summed E-state index contributed by atoms with van der Waals surface area (Å²) in [6, 6.07) is 14.1. The molecule has 1 aromatic heterocycles. The summed E-state index contributed by atoms with van der Waals surface area (Å²) < 4.78 is 5.81. The molecule has 34 heavy (non-hydrogen) atoms. The number of likely N-dealkylation sites (tertiary alicyclic amines) is 1. The first-order chi connectivity index (χ1) is 16.4. The van der Waals surface area contributed by atoms with Crippen molar-refractivity contribution in [3.8, 4) is 0 Å². The molecule has 7 nitrogen and oxygen atoms in total. The Bertz CT molecular complexity index is 1200. The van der Waals surface area contributed by atoms with E-state index in [1.165, 1.54) is 6.33 Å². The van der Waals surface area contributed by atoms with Gasteiger partial charge in [0.15, 0.2) is 5.60 Å². The van der Waals surface area contributed by atoms with Gasteiger partial charge in [0.2, 0.25) is 5.91 Å². The van der Waals surface area contributed by atoms with Crippen LogP contribution < -0.4 is 5.32 Å². The third kappa shape index (κ3) is 4.05. The number of hydrogen-bond acceptors (Lipinski definition) is 5. The minimum absolute atomic E-state index is 0.0922. The first kappa shape index (κ1) is 22.5. The number of amides is 2. The van der Waals surface area contributed by atoms with E-state index in [0.717, 1.165) is 54.3 Å². The number of ether oxygens (including phenoxy) is 1. The lowest BCUT2D eigenvalue weighted by molar-refractivity contribution is -0.145. The number of benzene rings is 2. The van der Waals surface area contributed by atoms with Crippen molar-refractivity contribution in [1.29, 1.82) is 0 Å². The molecular formula is C27H30N4O3. The monoisotopic (exact) mass is 458 g/mol.